The lowest BCUT2D eigenvalue weighted by molar-refractivity contribution is 0.156. The van der Waals surface area contributed by atoms with Gasteiger partial charge in [0.25, 0.3) is 0 Å². The Morgan fingerprint density at radius 2 is 1.75 bits per heavy atom. The van der Waals surface area contributed by atoms with Gasteiger partial charge in [-0.1, -0.05) is 12.8 Å². The van der Waals surface area contributed by atoms with Crippen LogP contribution in [0.3, 0.4) is 0 Å². The lowest BCUT2D eigenvalue weighted by Gasteiger charge is -2.33. The molecule has 0 unspecified atom stereocenters. The van der Waals surface area contributed by atoms with Crippen LogP contribution in [0.5, 0.6) is 0 Å². The summed E-state index contributed by atoms with van der Waals surface area (Å²) in [4.78, 5) is 13.0. The Bertz CT molecular complexity index is 191. The van der Waals surface area contributed by atoms with E-state index in [9.17, 15) is 4.79 Å². The van der Waals surface area contributed by atoms with Crippen molar-refractivity contribution in [1.82, 2.24) is 4.90 Å². The van der Waals surface area contributed by atoms with E-state index >= 15 is 0 Å². The molecule has 2 rings (SSSR count). The monoisotopic (exact) mass is 168 g/mol. The largest absolute Gasteiger partial charge is 0.351 e. The van der Waals surface area contributed by atoms with Crippen molar-refractivity contribution in [3.63, 3.8) is 0 Å². The van der Waals surface area contributed by atoms with Crippen LogP contribution in [0, 0.1) is 0 Å². The third kappa shape index (κ3) is 0.993. The van der Waals surface area contributed by atoms with Crippen molar-refractivity contribution in [3.8, 4) is 0 Å². The molecule has 0 radical (unpaired) electrons. The number of amides is 2. The van der Waals surface area contributed by atoms with Gasteiger partial charge < -0.3 is 10.6 Å². The molecule has 0 aromatic rings. The fraction of sp³-hybridized carbons (Fsp3) is 0.889. The number of carbonyl (C=O) groups is 1. The minimum atomic E-state index is -0.214. The smallest absolute Gasteiger partial charge is 0.315 e. The topological polar surface area (TPSA) is 46.3 Å². The van der Waals surface area contributed by atoms with Crippen molar-refractivity contribution in [2.45, 2.75) is 44.1 Å². The van der Waals surface area contributed by atoms with Crippen molar-refractivity contribution < 1.29 is 4.79 Å². The molecule has 1 aliphatic heterocycles. The number of primary amides is 1. The molecule has 3 heteroatoms. The second-order valence-corrected chi connectivity index (χ2v) is 4.02. The number of nitrogens with two attached hydrogens (primary N) is 1. The zero-order valence-corrected chi connectivity index (χ0v) is 7.38. The van der Waals surface area contributed by atoms with Crippen LogP contribution in [-0.2, 0) is 0 Å². The van der Waals surface area contributed by atoms with E-state index in [0.717, 1.165) is 13.0 Å². The van der Waals surface area contributed by atoms with Gasteiger partial charge in [-0.05, 0) is 25.7 Å². The first-order valence-electron chi connectivity index (χ1n) is 4.82. The summed E-state index contributed by atoms with van der Waals surface area (Å²) < 4.78 is 0. The molecule has 1 heterocycles. The molecule has 0 bridgehead atoms. The van der Waals surface area contributed by atoms with Gasteiger partial charge in [0, 0.05) is 12.1 Å². The Kier molecular flexibility index (Phi) is 1.74. The first-order chi connectivity index (χ1) is 5.75. The predicted octanol–water partition coefficient (Wildman–Crippen LogP) is 1.47. The van der Waals surface area contributed by atoms with E-state index in [2.05, 4.69) is 0 Å². The lowest BCUT2D eigenvalue weighted by Crippen LogP contribution is -2.47. The third-order valence-corrected chi connectivity index (χ3v) is 3.40. The molecule has 3 nitrogen and oxygen atoms in total. The lowest BCUT2D eigenvalue weighted by atomic mass is 9.94. The summed E-state index contributed by atoms with van der Waals surface area (Å²) in [6.45, 7) is 0.884. The summed E-state index contributed by atoms with van der Waals surface area (Å²) in [5, 5.41) is 0. The Balaban J connectivity index is 2.17. The molecular weight excluding hydrogens is 152 g/mol. The average molecular weight is 168 g/mol. The van der Waals surface area contributed by atoms with Crippen molar-refractivity contribution in [2.24, 2.45) is 5.73 Å². The van der Waals surface area contributed by atoms with Crippen molar-refractivity contribution in [3.05, 3.63) is 0 Å². The number of rotatable bonds is 0. The highest BCUT2D eigenvalue weighted by molar-refractivity contribution is 5.73. The molecule has 0 aromatic heterocycles. The number of nitrogens with zero attached hydrogens (tertiary/aromatic N) is 1. The van der Waals surface area contributed by atoms with Gasteiger partial charge in [0.1, 0.15) is 0 Å². The summed E-state index contributed by atoms with van der Waals surface area (Å²) in [6.07, 6.45) is 7.21. The Labute approximate surface area is 72.9 Å². The van der Waals surface area contributed by atoms with Gasteiger partial charge in [-0.3, -0.25) is 0 Å². The summed E-state index contributed by atoms with van der Waals surface area (Å²) in [5.74, 6) is 0. The van der Waals surface area contributed by atoms with Crippen LogP contribution in [0.1, 0.15) is 38.5 Å². The molecule has 0 atom stereocenters. The molecular formula is C9H16N2O. The molecule has 1 aliphatic carbocycles. The van der Waals surface area contributed by atoms with Crippen molar-refractivity contribution in [1.29, 1.82) is 0 Å². The highest BCUT2D eigenvalue weighted by atomic mass is 16.2. The van der Waals surface area contributed by atoms with Gasteiger partial charge in [-0.15, -0.1) is 0 Å². The van der Waals surface area contributed by atoms with E-state index in [4.69, 9.17) is 5.73 Å². The first-order valence-corrected chi connectivity index (χ1v) is 4.82. The molecule has 1 saturated carbocycles. The van der Waals surface area contributed by atoms with Crippen LogP contribution in [0.15, 0.2) is 0 Å². The first kappa shape index (κ1) is 7.90. The highest BCUT2D eigenvalue weighted by Crippen LogP contribution is 2.42. The second-order valence-electron chi connectivity index (χ2n) is 4.02. The molecule has 1 spiro atoms. The summed E-state index contributed by atoms with van der Waals surface area (Å²) in [7, 11) is 0. The number of likely N-dealkylation sites (tertiary alicyclic amines) is 1. The van der Waals surface area contributed by atoms with E-state index in [1.165, 1.54) is 32.1 Å². The second kappa shape index (κ2) is 2.64. The molecule has 2 fully saturated rings. The predicted molar refractivity (Wildman–Crippen MR) is 46.7 cm³/mol. The van der Waals surface area contributed by atoms with E-state index in [1.54, 1.807) is 0 Å². The van der Waals surface area contributed by atoms with Crippen LogP contribution in [0.2, 0.25) is 0 Å². The maximum Gasteiger partial charge on any atom is 0.315 e. The number of hydrogen-bond acceptors (Lipinski definition) is 1. The molecule has 68 valence electrons. The highest BCUT2D eigenvalue weighted by Gasteiger charge is 2.44. The zero-order valence-electron chi connectivity index (χ0n) is 7.38. The van der Waals surface area contributed by atoms with E-state index in [1.807, 2.05) is 4.90 Å². The van der Waals surface area contributed by atoms with Crippen LogP contribution < -0.4 is 5.73 Å². The van der Waals surface area contributed by atoms with Crippen LogP contribution in [0.25, 0.3) is 0 Å². The molecule has 1 saturated heterocycles. The minimum absolute atomic E-state index is 0.186. The quantitative estimate of drug-likeness (QED) is 0.585. The summed E-state index contributed by atoms with van der Waals surface area (Å²) in [6, 6.07) is -0.214. The standard InChI is InChI=1S/C9H16N2O/c10-8(12)11-7-3-6-9(11)4-1-2-5-9/h1-7H2,(H2,10,12). The Morgan fingerprint density at radius 3 is 2.33 bits per heavy atom. The summed E-state index contributed by atoms with van der Waals surface area (Å²) >= 11 is 0. The van der Waals surface area contributed by atoms with Gasteiger partial charge in [0.2, 0.25) is 0 Å². The molecule has 0 aromatic carbocycles. The number of hydrogen-bond donors (Lipinski definition) is 1. The van der Waals surface area contributed by atoms with Crippen molar-refractivity contribution in [2.75, 3.05) is 6.54 Å². The van der Waals surface area contributed by atoms with Crippen LogP contribution >= 0.6 is 0 Å². The maximum absolute atomic E-state index is 11.1. The van der Waals surface area contributed by atoms with E-state index in [-0.39, 0.29) is 11.6 Å². The maximum atomic E-state index is 11.1. The molecule has 2 aliphatic rings. The van der Waals surface area contributed by atoms with Gasteiger partial charge in [-0.2, -0.15) is 0 Å². The molecule has 12 heavy (non-hydrogen) atoms. The fourth-order valence-electron chi connectivity index (χ4n) is 2.84. The van der Waals surface area contributed by atoms with Gasteiger partial charge >= 0.3 is 6.03 Å². The van der Waals surface area contributed by atoms with Crippen LogP contribution in [0.4, 0.5) is 4.79 Å². The molecule has 2 amide bonds. The van der Waals surface area contributed by atoms with Crippen molar-refractivity contribution >= 4 is 6.03 Å². The van der Waals surface area contributed by atoms with Crippen LogP contribution in [-0.4, -0.2) is 23.0 Å². The zero-order chi connectivity index (χ0) is 8.60. The van der Waals surface area contributed by atoms with Gasteiger partial charge in [0.05, 0.1) is 0 Å². The average Bonchev–Trinajstić information content (AvgIpc) is 2.61. The van der Waals surface area contributed by atoms with E-state index < -0.39 is 0 Å². The third-order valence-electron chi connectivity index (χ3n) is 3.40. The minimum Gasteiger partial charge on any atom is -0.351 e. The number of urea groups is 1. The fourth-order valence-corrected chi connectivity index (χ4v) is 2.84. The Morgan fingerprint density at radius 1 is 1.17 bits per heavy atom. The SMILES string of the molecule is NC(=O)N1CCCC12CCCC2. The van der Waals surface area contributed by atoms with E-state index in [0.29, 0.717) is 0 Å². The summed E-state index contributed by atoms with van der Waals surface area (Å²) in [5.41, 5.74) is 5.53. The molecule has 2 N–H and O–H groups in total. The Hall–Kier alpha value is -0.730. The van der Waals surface area contributed by atoms with Gasteiger partial charge in [-0.25, -0.2) is 4.79 Å². The number of carbonyl (C=O) groups excluding carboxylic acids is 1. The van der Waals surface area contributed by atoms with Gasteiger partial charge in [0.15, 0.2) is 0 Å². The normalized spacial score (nSPS) is 26.8.